The number of nitrogens with zero attached hydrogens (tertiary/aromatic N) is 1. The largest absolute Gasteiger partial charge is 0.627 e. The van der Waals surface area contributed by atoms with Crippen molar-refractivity contribution < 1.29 is 5.06 Å². The van der Waals surface area contributed by atoms with E-state index >= 15 is 0 Å². The SMILES string of the molecule is [O-][NH+]1[C]=NCC1. The van der Waals surface area contributed by atoms with Gasteiger partial charge in [0, 0.05) is 0 Å². The normalized spacial score (nSPS) is 31.8. The summed E-state index contributed by atoms with van der Waals surface area (Å²) < 4.78 is 0. The summed E-state index contributed by atoms with van der Waals surface area (Å²) in [5.41, 5.74) is 0. The monoisotopic (exact) mass is 85.0 g/mol. The molecule has 0 aromatic carbocycles. The summed E-state index contributed by atoms with van der Waals surface area (Å²) in [6.45, 7) is 1.22. The fraction of sp³-hybridized carbons (Fsp3) is 0.667. The van der Waals surface area contributed by atoms with E-state index in [9.17, 15) is 5.21 Å². The van der Waals surface area contributed by atoms with E-state index in [2.05, 4.69) is 11.3 Å². The molecule has 0 amide bonds. The molecule has 0 saturated carbocycles. The highest BCUT2D eigenvalue weighted by Crippen LogP contribution is 1.62. The third-order valence-corrected chi connectivity index (χ3v) is 0.654. The van der Waals surface area contributed by atoms with Gasteiger partial charge in [0.05, 0.1) is 6.54 Å². The van der Waals surface area contributed by atoms with Crippen LogP contribution >= 0.6 is 0 Å². The maximum Gasteiger partial charge on any atom is 0.305 e. The average molecular weight is 85.1 g/mol. The lowest BCUT2D eigenvalue weighted by atomic mass is 10.7. The van der Waals surface area contributed by atoms with Crippen LogP contribution in [0, 0.1) is 5.21 Å². The van der Waals surface area contributed by atoms with Crippen molar-refractivity contribution in [3.05, 3.63) is 5.21 Å². The minimum absolute atomic E-state index is 0.0370. The Kier molecular flexibility index (Phi) is 0.856. The lowest BCUT2D eigenvalue weighted by molar-refractivity contribution is -0.731. The van der Waals surface area contributed by atoms with Crippen molar-refractivity contribution in [2.24, 2.45) is 4.99 Å². The molecule has 0 saturated heterocycles. The fourth-order valence-electron chi connectivity index (χ4n) is 0.357. The molecule has 0 aliphatic carbocycles. The van der Waals surface area contributed by atoms with Gasteiger partial charge in [-0.15, -0.1) is 0 Å². The summed E-state index contributed by atoms with van der Waals surface area (Å²) in [5.74, 6) is 0. The molecule has 1 radical (unpaired) electrons. The lowest BCUT2D eigenvalue weighted by Crippen LogP contribution is -3.04. The Bertz CT molecular complexity index is 71.2. The van der Waals surface area contributed by atoms with Gasteiger partial charge in [-0.25, -0.2) is 4.99 Å². The van der Waals surface area contributed by atoms with Crippen molar-refractivity contribution in [3.8, 4) is 0 Å². The van der Waals surface area contributed by atoms with E-state index in [1.807, 2.05) is 0 Å². The van der Waals surface area contributed by atoms with Crippen LogP contribution in [-0.2, 0) is 0 Å². The molecular formula is C3H5N2O. The van der Waals surface area contributed by atoms with E-state index in [1.54, 1.807) is 0 Å². The van der Waals surface area contributed by atoms with Crippen LogP contribution in [0.5, 0.6) is 0 Å². The summed E-state index contributed by atoms with van der Waals surface area (Å²) >= 11 is 0. The molecule has 1 unspecified atom stereocenters. The van der Waals surface area contributed by atoms with Crippen molar-refractivity contribution >= 4 is 6.34 Å². The Morgan fingerprint density at radius 2 is 2.67 bits per heavy atom. The van der Waals surface area contributed by atoms with Gasteiger partial charge >= 0.3 is 6.34 Å². The van der Waals surface area contributed by atoms with Gasteiger partial charge in [0.25, 0.3) is 0 Å². The van der Waals surface area contributed by atoms with Crippen molar-refractivity contribution in [2.45, 2.75) is 0 Å². The highest BCUT2D eigenvalue weighted by molar-refractivity contribution is 5.44. The number of hydrogen-bond donors (Lipinski definition) is 1. The van der Waals surface area contributed by atoms with Crippen LogP contribution in [0.25, 0.3) is 0 Å². The Balaban J connectivity index is 2.38. The summed E-state index contributed by atoms with van der Waals surface area (Å²) in [6, 6.07) is 0. The van der Waals surface area contributed by atoms with Crippen molar-refractivity contribution in [3.63, 3.8) is 0 Å². The predicted molar refractivity (Wildman–Crippen MR) is 21.5 cm³/mol. The molecule has 3 nitrogen and oxygen atoms in total. The topological polar surface area (TPSA) is 39.9 Å². The van der Waals surface area contributed by atoms with E-state index in [1.165, 1.54) is 0 Å². The molecule has 1 aliphatic rings. The molecule has 0 spiro atoms. The first-order valence-corrected chi connectivity index (χ1v) is 1.85. The molecular weight excluding hydrogens is 80.0 g/mol. The molecule has 1 aliphatic heterocycles. The molecule has 6 heavy (non-hydrogen) atoms. The smallest absolute Gasteiger partial charge is 0.305 e. The minimum atomic E-state index is 0.0370. The van der Waals surface area contributed by atoms with Gasteiger partial charge in [-0.2, -0.15) is 0 Å². The average Bonchev–Trinajstić information content (AvgIpc) is 1.86. The van der Waals surface area contributed by atoms with Gasteiger partial charge in [0.15, 0.2) is 0 Å². The standard InChI is InChI=1S/C3H5N2O/c6-5-2-1-4-3-5/h5H,1-2H2. The Morgan fingerprint density at radius 3 is 2.83 bits per heavy atom. The number of nitrogens with one attached hydrogen (secondary N) is 1. The van der Waals surface area contributed by atoms with Crippen LogP contribution in [0.4, 0.5) is 0 Å². The molecule has 0 bridgehead atoms. The van der Waals surface area contributed by atoms with Crippen LogP contribution in [0.3, 0.4) is 0 Å². The van der Waals surface area contributed by atoms with E-state index < -0.39 is 0 Å². The molecule has 1 atom stereocenters. The molecule has 0 aromatic heterocycles. The molecule has 3 heteroatoms. The van der Waals surface area contributed by atoms with Gasteiger partial charge in [0.1, 0.15) is 6.54 Å². The molecule has 1 N–H and O–H groups in total. The predicted octanol–water partition coefficient (Wildman–Crippen LogP) is -1.71. The third-order valence-electron chi connectivity index (χ3n) is 0.654. The van der Waals surface area contributed by atoms with Gasteiger partial charge in [-0.1, -0.05) is 0 Å². The maximum atomic E-state index is 10.0. The van der Waals surface area contributed by atoms with E-state index in [-0.39, 0.29) is 5.06 Å². The fourth-order valence-corrected chi connectivity index (χ4v) is 0.357. The zero-order chi connectivity index (χ0) is 4.41. The first kappa shape index (κ1) is 3.77. The van der Waals surface area contributed by atoms with Crippen molar-refractivity contribution in [1.82, 2.24) is 0 Å². The van der Waals surface area contributed by atoms with Crippen molar-refractivity contribution in [2.75, 3.05) is 13.1 Å². The molecule has 0 aromatic rings. The van der Waals surface area contributed by atoms with Gasteiger partial charge in [-0.3, -0.25) is 0 Å². The second kappa shape index (κ2) is 1.36. The Hall–Kier alpha value is -0.410. The summed E-state index contributed by atoms with van der Waals surface area (Å²) in [4.78, 5) is 3.56. The highest BCUT2D eigenvalue weighted by Gasteiger charge is 1.98. The maximum absolute atomic E-state index is 10.0. The Morgan fingerprint density at radius 1 is 1.83 bits per heavy atom. The molecule has 33 valence electrons. The second-order valence-electron chi connectivity index (χ2n) is 1.17. The van der Waals surface area contributed by atoms with E-state index in [0.717, 1.165) is 0 Å². The van der Waals surface area contributed by atoms with Gasteiger partial charge in [0.2, 0.25) is 0 Å². The minimum Gasteiger partial charge on any atom is -0.627 e. The number of rotatable bonds is 0. The lowest BCUT2D eigenvalue weighted by Gasteiger charge is -2.04. The van der Waals surface area contributed by atoms with Gasteiger partial charge < -0.3 is 10.3 Å². The highest BCUT2D eigenvalue weighted by atomic mass is 16.5. The third kappa shape index (κ3) is 0.555. The number of hydroxylamine groups is 2. The molecule has 0 fully saturated rings. The molecule has 1 rings (SSSR count). The second-order valence-corrected chi connectivity index (χ2v) is 1.17. The zero-order valence-corrected chi connectivity index (χ0v) is 3.27. The first-order valence-electron chi connectivity index (χ1n) is 1.85. The zero-order valence-electron chi connectivity index (χ0n) is 3.27. The van der Waals surface area contributed by atoms with Crippen LogP contribution < -0.4 is 5.06 Å². The quantitative estimate of drug-likeness (QED) is 0.349. The number of hydrogen-bond acceptors (Lipinski definition) is 2. The van der Waals surface area contributed by atoms with Crippen molar-refractivity contribution in [1.29, 1.82) is 0 Å². The summed E-state index contributed by atoms with van der Waals surface area (Å²) in [6.07, 6.45) is 2.31. The van der Waals surface area contributed by atoms with Crippen LogP contribution in [0.15, 0.2) is 4.99 Å². The van der Waals surface area contributed by atoms with Crippen LogP contribution in [0.2, 0.25) is 0 Å². The Labute approximate surface area is 35.9 Å². The molecule has 1 heterocycles. The first-order chi connectivity index (χ1) is 2.89. The van der Waals surface area contributed by atoms with E-state index in [4.69, 9.17) is 0 Å². The summed E-state index contributed by atoms with van der Waals surface area (Å²) in [7, 11) is 0. The van der Waals surface area contributed by atoms with Gasteiger partial charge in [-0.05, 0) is 0 Å². The number of quaternary nitrogens is 1. The van der Waals surface area contributed by atoms with Crippen LogP contribution in [0.1, 0.15) is 0 Å². The summed E-state index contributed by atoms with van der Waals surface area (Å²) in [5, 5.41) is 10.1. The van der Waals surface area contributed by atoms with Crippen LogP contribution in [-0.4, -0.2) is 19.4 Å². The number of aliphatic imine (C=N–C) groups is 1. The van der Waals surface area contributed by atoms with E-state index in [0.29, 0.717) is 13.1 Å².